The van der Waals surface area contributed by atoms with Crippen LogP contribution in [0.2, 0.25) is 0 Å². The minimum atomic E-state index is -3.26. The van der Waals surface area contributed by atoms with E-state index in [9.17, 15) is 8.42 Å². The van der Waals surface area contributed by atoms with E-state index in [-0.39, 0.29) is 11.9 Å². The summed E-state index contributed by atoms with van der Waals surface area (Å²) in [6.45, 7) is 1.99. The number of benzene rings is 1. The van der Waals surface area contributed by atoms with Crippen LogP contribution in [0.3, 0.4) is 0 Å². The number of sulfonamides is 1. The molecule has 0 radical (unpaired) electrons. The first-order valence-electron chi connectivity index (χ1n) is 6.40. The van der Waals surface area contributed by atoms with E-state index in [2.05, 4.69) is 5.32 Å². The molecule has 1 aliphatic rings. The average molecular weight is 284 g/mol. The van der Waals surface area contributed by atoms with Crippen molar-refractivity contribution in [3.63, 3.8) is 0 Å². The van der Waals surface area contributed by atoms with E-state index in [1.54, 1.807) is 0 Å². The van der Waals surface area contributed by atoms with Gasteiger partial charge in [0, 0.05) is 19.6 Å². The van der Waals surface area contributed by atoms with Crippen LogP contribution in [0.5, 0.6) is 0 Å². The van der Waals surface area contributed by atoms with Gasteiger partial charge in [0.15, 0.2) is 0 Å². The summed E-state index contributed by atoms with van der Waals surface area (Å²) in [6, 6.07) is 9.27. The first kappa shape index (κ1) is 14.5. The molecule has 106 valence electrons. The Hall–Kier alpha value is -0.950. The van der Waals surface area contributed by atoms with Gasteiger partial charge in [-0.05, 0) is 12.6 Å². The Bertz CT molecular complexity index is 488. The summed E-state index contributed by atoms with van der Waals surface area (Å²) in [4.78, 5) is 0. The van der Waals surface area contributed by atoms with E-state index in [1.807, 2.05) is 37.4 Å². The Balaban J connectivity index is 2.03. The maximum absolute atomic E-state index is 12.4. The zero-order valence-electron chi connectivity index (χ0n) is 11.1. The lowest BCUT2D eigenvalue weighted by atomic mass is 10.2. The fourth-order valence-corrected chi connectivity index (χ4v) is 3.71. The van der Waals surface area contributed by atoms with Gasteiger partial charge < -0.3 is 10.1 Å². The number of nitrogens with one attached hydrogen (secondary N) is 1. The fraction of sp³-hybridized carbons (Fsp3) is 0.538. The molecule has 1 heterocycles. The highest BCUT2D eigenvalue weighted by Crippen LogP contribution is 2.14. The van der Waals surface area contributed by atoms with Crippen molar-refractivity contribution in [3.8, 4) is 0 Å². The van der Waals surface area contributed by atoms with Crippen LogP contribution in [0.15, 0.2) is 30.3 Å². The summed E-state index contributed by atoms with van der Waals surface area (Å²) < 4.78 is 31.8. The summed E-state index contributed by atoms with van der Waals surface area (Å²) >= 11 is 0. The third-order valence-electron chi connectivity index (χ3n) is 3.12. The Kier molecular flexibility index (Phi) is 4.93. The molecule has 1 aromatic rings. The lowest BCUT2D eigenvalue weighted by Gasteiger charge is -2.32. The van der Waals surface area contributed by atoms with E-state index in [0.717, 1.165) is 5.56 Å². The van der Waals surface area contributed by atoms with Crippen molar-refractivity contribution < 1.29 is 13.2 Å². The predicted octanol–water partition coefficient (Wildman–Crippen LogP) is 0.437. The van der Waals surface area contributed by atoms with Crippen LogP contribution in [0.4, 0.5) is 0 Å². The van der Waals surface area contributed by atoms with Gasteiger partial charge in [0.2, 0.25) is 10.0 Å². The van der Waals surface area contributed by atoms with Crippen molar-refractivity contribution in [3.05, 3.63) is 35.9 Å². The normalized spacial score (nSPS) is 21.4. The van der Waals surface area contributed by atoms with Crippen LogP contribution < -0.4 is 5.32 Å². The van der Waals surface area contributed by atoms with Gasteiger partial charge in [-0.15, -0.1) is 0 Å². The van der Waals surface area contributed by atoms with Crippen LogP contribution in [0, 0.1) is 0 Å². The second kappa shape index (κ2) is 6.47. The van der Waals surface area contributed by atoms with Gasteiger partial charge in [0.05, 0.1) is 18.5 Å². The Labute approximate surface area is 114 Å². The molecule has 1 fully saturated rings. The number of nitrogens with zero attached hydrogens (tertiary/aromatic N) is 1. The van der Waals surface area contributed by atoms with Crippen LogP contribution >= 0.6 is 0 Å². The van der Waals surface area contributed by atoms with Crippen molar-refractivity contribution in [1.29, 1.82) is 0 Å². The van der Waals surface area contributed by atoms with Gasteiger partial charge in [-0.25, -0.2) is 8.42 Å². The van der Waals surface area contributed by atoms with Crippen molar-refractivity contribution in [1.82, 2.24) is 9.62 Å². The Morgan fingerprint density at radius 3 is 2.79 bits per heavy atom. The Morgan fingerprint density at radius 1 is 1.37 bits per heavy atom. The predicted molar refractivity (Wildman–Crippen MR) is 74.3 cm³/mol. The maximum atomic E-state index is 12.4. The van der Waals surface area contributed by atoms with Crippen molar-refractivity contribution >= 4 is 10.0 Å². The average Bonchev–Trinajstić information content (AvgIpc) is 2.40. The van der Waals surface area contributed by atoms with Crippen molar-refractivity contribution in [2.75, 3.05) is 33.3 Å². The van der Waals surface area contributed by atoms with E-state index in [4.69, 9.17) is 4.74 Å². The molecule has 2 rings (SSSR count). The number of hydrogen-bond donors (Lipinski definition) is 1. The monoisotopic (exact) mass is 284 g/mol. The third-order valence-corrected chi connectivity index (χ3v) is 4.94. The smallest absolute Gasteiger partial charge is 0.218 e. The summed E-state index contributed by atoms with van der Waals surface area (Å²) in [5.41, 5.74) is 0.819. The molecular weight excluding hydrogens is 264 g/mol. The van der Waals surface area contributed by atoms with Gasteiger partial charge >= 0.3 is 0 Å². The summed E-state index contributed by atoms with van der Waals surface area (Å²) in [7, 11) is -1.43. The molecule has 1 saturated heterocycles. The molecule has 0 aromatic heterocycles. The molecule has 0 aliphatic carbocycles. The Morgan fingerprint density at radius 2 is 2.11 bits per heavy atom. The lowest BCUT2D eigenvalue weighted by molar-refractivity contribution is 0.000777. The van der Waals surface area contributed by atoms with Gasteiger partial charge in [0.1, 0.15) is 0 Å². The highest BCUT2D eigenvalue weighted by Gasteiger charge is 2.29. The second-order valence-corrected chi connectivity index (χ2v) is 6.62. The highest BCUT2D eigenvalue weighted by atomic mass is 32.2. The van der Waals surface area contributed by atoms with E-state index in [0.29, 0.717) is 26.2 Å². The number of morpholine rings is 1. The molecule has 19 heavy (non-hydrogen) atoms. The van der Waals surface area contributed by atoms with Gasteiger partial charge in [0.25, 0.3) is 0 Å². The number of hydrogen-bond acceptors (Lipinski definition) is 4. The summed E-state index contributed by atoms with van der Waals surface area (Å²) in [5, 5.41) is 3.01. The van der Waals surface area contributed by atoms with Crippen molar-refractivity contribution in [2.24, 2.45) is 0 Å². The number of likely N-dealkylation sites (N-methyl/N-ethyl adjacent to an activating group) is 1. The van der Waals surface area contributed by atoms with Crippen LogP contribution in [0.25, 0.3) is 0 Å². The lowest BCUT2D eigenvalue weighted by Crippen LogP contribution is -2.48. The molecule has 6 heteroatoms. The topological polar surface area (TPSA) is 58.6 Å². The third kappa shape index (κ3) is 4.01. The number of rotatable bonds is 5. The molecule has 1 aromatic carbocycles. The molecular formula is C13H20N2O3S. The molecule has 0 spiro atoms. The van der Waals surface area contributed by atoms with Gasteiger partial charge in [-0.1, -0.05) is 30.3 Å². The minimum Gasteiger partial charge on any atom is -0.374 e. The fourth-order valence-electron chi connectivity index (χ4n) is 2.17. The van der Waals surface area contributed by atoms with Gasteiger partial charge in [-0.3, -0.25) is 0 Å². The van der Waals surface area contributed by atoms with E-state index in [1.165, 1.54) is 4.31 Å². The second-order valence-electron chi connectivity index (χ2n) is 4.65. The summed E-state index contributed by atoms with van der Waals surface area (Å²) in [5.74, 6) is 0.0557. The largest absolute Gasteiger partial charge is 0.374 e. The first-order valence-corrected chi connectivity index (χ1v) is 8.00. The zero-order chi connectivity index (χ0) is 13.7. The highest BCUT2D eigenvalue weighted by molar-refractivity contribution is 7.88. The molecule has 0 saturated carbocycles. The minimum absolute atomic E-state index is 0.0557. The van der Waals surface area contributed by atoms with E-state index < -0.39 is 10.0 Å². The quantitative estimate of drug-likeness (QED) is 0.852. The molecule has 1 aliphatic heterocycles. The SMILES string of the molecule is CNCC1CN(S(=O)(=O)Cc2ccccc2)CCO1. The molecule has 0 bridgehead atoms. The number of ether oxygens (including phenoxy) is 1. The molecule has 0 amide bonds. The maximum Gasteiger partial charge on any atom is 0.218 e. The molecule has 1 atom stereocenters. The van der Waals surface area contributed by atoms with Crippen LogP contribution in [0.1, 0.15) is 5.56 Å². The zero-order valence-corrected chi connectivity index (χ0v) is 11.9. The van der Waals surface area contributed by atoms with Crippen LogP contribution in [-0.2, 0) is 20.5 Å². The van der Waals surface area contributed by atoms with E-state index >= 15 is 0 Å². The first-order chi connectivity index (χ1) is 9.12. The van der Waals surface area contributed by atoms with Crippen molar-refractivity contribution in [2.45, 2.75) is 11.9 Å². The molecule has 5 nitrogen and oxygen atoms in total. The van der Waals surface area contributed by atoms with Crippen LogP contribution in [-0.4, -0.2) is 52.1 Å². The molecule has 1 unspecified atom stereocenters. The molecule has 1 N–H and O–H groups in total. The van der Waals surface area contributed by atoms with Gasteiger partial charge in [-0.2, -0.15) is 4.31 Å². The summed E-state index contributed by atoms with van der Waals surface area (Å²) in [6.07, 6.45) is -0.0655. The standard InChI is InChI=1S/C13H20N2O3S/c1-14-9-13-10-15(7-8-18-13)19(16,17)11-12-5-3-2-4-6-12/h2-6,13-14H,7-11H2,1H3.